The first kappa shape index (κ1) is 24.8. The Kier molecular flexibility index (Phi) is 5.52. The van der Waals surface area contributed by atoms with Crippen molar-refractivity contribution in [1.29, 1.82) is 0 Å². The summed E-state index contributed by atoms with van der Waals surface area (Å²) < 4.78 is 0. The maximum Gasteiger partial charge on any atom is 0.310 e. The fourth-order valence-corrected chi connectivity index (χ4v) is 11.0. The lowest BCUT2D eigenvalue weighted by molar-refractivity contribution is -0.207. The number of rotatable bonds is 2. The lowest BCUT2D eigenvalue weighted by atomic mass is 9.33. The highest BCUT2D eigenvalue weighted by molar-refractivity contribution is 5.76. The summed E-state index contributed by atoms with van der Waals surface area (Å²) in [5, 5.41) is 31.5. The van der Waals surface area contributed by atoms with Gasteiger partial charge in [-0.2, -0.15) is 0 Å². The Labute approximate surface area is 206 Å². The van der Waals surface area contributed by atoms with E-state index in [1.807, 2.05) is 0 Å². The summed E-state index contributed by atoms with van der Waals surface area (Å²) >= 11 is 0. The van der Waals surface area contributed by atoms with Crippen molar-refractivity contribution in [3.8, 4) is 0 Å². The number of carboxylic acids is 1. The molecule has 5 aliphatic carbocycles. The van der Waals surface area contributed by atoms with Crippen LogP contribution in [0, 0.1) is 56.7 Å². The third-order valence-corrected chi connectivity index (χ3v) is 13.4. The van der Waals surface area contributed by atoms with Crippen LogP contribution in [0.15, 0.2) is 11.6 Å². The van der Waals surface area contributed by atoms with E-state index in [9.17, 15) is 20.1 Å². The van der Waals surface area contributed by atoms with Crippen LogP contribution in [0.5, 0.6) is 0 Å². The van der Waals surface area contributed by atoms with Crippen molar-refractivity contribution in [2.45, 2.75) is 105 Å². The third kappa shape index (κ3) is 2.82. The summed E-state index contributed by atoms with van der Waals surface area (Å²) in [4.78, 5) is 12.8. The van der Waals surface area contributed by atoms with Crippen LogP contribution in [-0.2, 0) is 4.79 Å². The van der Waals surface area contributed by atoms with E-state index in [1.54, 1.807) is 0 Å². The maximum absolute atomic E-state index is 12.8. The maximum atomic E-state index is 12.8. The average Bonchev–Trinajstić information content (AvgIpc) is 2.77. The standard InChI is InChI=1S/C30H48O4/c1-18-19(17-31)9-14-30(25(33)34)16-15-28(5)20(24(18)30)7-8-22-27(4)12-11-23(32)26(2,3)21(27)10-13-29(22,28)6/h7,18-19,21-24,31-32H,8-17H2,1-6H3,(H,33,34)/t18-,19-,21?,22?,23-,24-,27-,28?,29+,30-/m0/s1. The average molecular weight is 473 g/mol. The van der Waals surface area contributed by atoms with Gasteiger partial charge in [0, 0.05) is 6.61 Å². The van der Waals surface area contributed by atoms with Gasteiger partial charge in [-0.25, -0.2) is 0 Å². The third-order valence-electron chi connectivity index (χ3n) is 13.4. The van der Waals surface area contributed by atoms with Gasteiger partial charge >= 0.3 is 5.97 Å². The number of fused-ring (bicyclic) bond motifs is 7. The van der Waals surface area contributed by atoms with Crippen molar-refractivity contribution in [2.24, 2.45) is 56.7 Å². The summed E-state index contributed by atoms with van der Waals surface area (Å²) in [6.45, 7) is 14.5. The van der Waals surface area contributed by atoms with Crippen LogP contribution in [0.3, 0.4) is 0 Å². The highest BCUT2D eigenvalue weighted by Crippen LogP contribution is 2.75. The molecule has 0 amide bonds. The van der Waals surface area contributed by atoms with Crippen molar-refractivity contribution in [3.63, 3.8) is 0 Å². The molecule has 5 rings (SSSR count). The van der Waals surface area contributed by atoms with Crippen LogP contribution in [0.1, 0.15) is 99.3 Å². The first-order valence-electron chi connectivity index (χ1n) is 14.0. The first-order valence-corrected chi connectivity index (χ1v) is 14.0. The number of aliphatic carboxylic acids is 1. The van der Waals surface area contributed by atoms with Gasteiger partial charge < -0.3 is 15.3 Å². The van der Waals surface area contributed by atoms with Crippen molar-refractivity contribution in [2.75, 3.05) is 6.61 Å². The molecule has 3 unspecified atom stereocenters. The highest BCUT2D eigenvalue weighted by atomic mass is 16.4. The van der Waals surface area contributed by atoms with Crippen molar-refractivity contribution in [1.82, 2.24) is 0 Å². The lowest BCUT2D eigenvalue weighted by Crippen LogP contribution is -2.65. The molecule has 4 nitrogen and oxygen atoms in total. The number of carboxylic acid groups (broad SMARTS) is 1. The van der Waals surface area contributed by atoms with Crippen LogP contribution in [0.4, 0.5) is 0 Å². The second-order valence-corrected chi connectivity index (χ2v) is 14.4. The molecular weight excluding hydrogens is 424 g/mol. The van der Waals surface area contributed by atoms with Crippen LogP contribution < -0.4 is 0 Å². The Morgan fingerprint density at radius 1 is 0.971 bits per heavy atom. The number of carbonyl (C=O) groups is 1. The van der Waals surface area contributed by atoms with E-state index in [0.717, 1.165) is 51.4 Å². The van der Waals surface area contributed by atoms with E-state index < -0.39 is 11.4 Å². The van der Waals surface area contributed by atoms with Gasteiger partial charge in [-0.15, -0.1) is 0 Å². The first-order chi connectivity index (χ1) is 15.8. The number of hydrogen-bond acceptors (Lipinski definition) is 3. The molecule has 0 aromatic rings. The monoisotopic (exact) mass is 472 g/mol. The molecule has 0 aromatic heterocycles. The van der Waals surface area contributed by atoms with E-state index >= 15 is 0 Å². The van der Waals surface area contributed by atoms with E-state index in [1.165, 1.54) is 5.57 Å². The Morgan fingerprint density at radius 2 is 1.68 bits per heavy atom. The van der Waals surface area contributed by atoms with Gasteiger partial charge in [0.15, 0.2) is 0 Å². The van der Waals surface area contributed by atoms with Crippen molar-refractivity contribution in [3.05, 3.63) is 11.6 Å². The molecule has 3 N–H and O–H groups in total. The van der Waals surface area contributed by atoms with E-state index in [-0.39, 0.29) is 52.1 Å². The minimum absolute atomic E-state index is 0.000670. The summed E-state index contributed by atoms with van der Waals surface area (Å²) in [6, 6.07) is 0. The number of hydrogen-bond donors (Lipinski definition) is 3. The Balaban J connectivity index is 1.61. The topological polar surface area (TPSA) is 77.8 Å². The molecule has 4 heteroatoms. The van der Waals surface area contributed by atoms with Crippen LogP contribution in [0.2, 0.25) is 0 Å². The molecule has 0 aliphatic heterocycles. The van der Waals surface area contributed by atoms with E-state index in [2.05, 4.69) is 47.6 Å². The summed E-state index contributed by atoms with van der Waals surface area (Å²) in [6.07, 6.45) is 10.8. The van der Waals surface area contributed by atoms with Gasteiger partial charge in [0.25, 0.3) is 0 Å². The quantitative estimate of drug-likeness (QED) is 0.427. The fraction of sp³-hybridized carbons (Fsp3) is 0.900. The zero-order valence-corrected chi connectivity index (χ0v) is 22.4. The smallest absolute Gasteiger partial charge is 0.310 e. The zero-order chi connectivity index (χ0) is 24.9. The molecule has 4 fully saturated rings. The minimum Gasteiger partial charge on any atom is -0.481 e. The number of aliphatic hydroxyl groups is 2. The van der Waals surface area contributed by atoms with Gasteiger partial charge in [-0.3, -0.25) is 4.79 Å². The predicted octanol–water partition coefficient (Wildman–Crippen LogP) is 6.06. The normalized spacial score (nSPS) is 54.1. The van der Waals surface area contributed by atoms with Gasteiger partial charge in [0.1, 0.15) is 0 Å². The lowest BCUT2D eigenvalue weighted by Gasteiger charge is -2.71. The molecule has 4 saturated carbocycles. The molecule has 0 spiro atoms. The largest absolute Gasteiger partial charge is 0.481 e. The number of aliphatic hydroxyl groups excluding tert-OH is 2. The molecule has 0 aromatic carbocycles. The molecule has 10 atom stereocenters. The van der Waals surface area contributed by atoms with Gasteiger partial charge in [0.2, 0.25) is 0 Å². The second kappa shape index (κ2) is 7.57. The summed E-state index contributed by atoms with van der Waals surface area (Å²) in [5.74, 6) is 0.882. The molecular formula is C30H48O4. The highest BCUT2D eigenvalue weighted by Gasteiger charge is 2.69. The van der Waals surface area contributed by atoms with Crippen LogP contribution in [-0.4, -0.2) is 34.0 Å². The molecule has 0 radical (unpaired) electrons. The molecule has 0 saturated heterocycles. The molecule has 0 bridgehead atoms. The van der Waals surface area contributed by atoms with Crippen LogP contribution in [0.25, 0.3) is 0 Å². The Morgan fingerprint density at radius 3 is 2.32 bits per heavy atom. The van der Waals surface area contributed by atoms with Gasteiger partial charge in [-0.1, -0.05) is 53.2 Å². The minimum atomic E-state index is -0.669. The molecule has 34 heavy (non-hydrogen) atoms. The molecule has 192 valence electrons. The second-order valence-electron chi connectivity index (χ2n) is 14.4. The van der Waals surface area contributed by atoms with Crippen molar-refractivity contribution >= 4 is 5.97 Å². The van der Waals surface area contributed by atoms with Gasteiger partial charge in [0.05, 0.1) is 11.5 Å². The zero-order valence-electron chi connectivity index (χ0n) is 22.4. The van der Waals surface area contributed by atoms with E-state index in [4.69, 9.17) is 0 Å². The summed E-state index contributed by atoms with van der Waals surface area (Å²) in [7, 11) is 0. The Hall–Kier alpha value is -0.870. The fourth-order valence-electron chi connectivity index (χ4n) is 11.0. The predicted molar refractivity (Wildman–Crippen MR) is 134 cm³/mol. The molecule has 5 aliphatic rings. The summed E-state index contributed by atoms with van der Waals surface area (Å²) in [5.41, 5.74) is 1.03. The SMILES string of the molecule is C[C@H]1[C@H](CO)CC[C@]2(C(=O)O)CCC3(C)C(=CCC4[C@@]5(C)CC[C@H](O)C(C)(C)C5CC[C@]43C)[C@H]12. The number of allylic oxidation sites excluding steroid dienone is 2. The Bertz CT molecular complexity index is 892. The molecule has 0 heterocycles. The van der Waals surface area contributed by atoms with Gasteiger partial charge in [-0.05, 0) is 109 Å². The van der Waals surface area contributed by atoms with E-state index in [0.29, 0.717) is 18.3 Å². The van der Waals surface area contributed by atoms with Crippen molar-refractivity contribution < 1.29 is 20.1 Å². The van der Waals surface area contributed by atoms with Crippen LogP contribution >= 0.6 is 0 Å².